The van der Waals surface area contributed by atoms with Gasteiger partial charge in [0.25, 0.3) is 0 Å². The largest absolute Gasteiger partial charge is 0.310 e. The van der Waals surface area contributed by atoms with Gasteiger partial charge in [0, 0.05) is 69.0 Å². The summed E-state index contributed by atoms with van der Waals surface area (Å²) in [4.78, 5) is 6.97. The van der Waals surface area contributed by atoms with Crippen LogP contribution in [0.25, 0.3) is 95.0 Å². The molecule has 3 aromatic heterocycles. The Kier molecular flexibility index (Phi) is 7.31. The first-order valence-electron chi connectivity index (χ1n) is 19.2. The summed E-state index contributed by atoms with van der Waals surface area (Å²) in [5.41, 5.74) is 9.11. The molecule has 0 saturated carbocycles. The lowest BCUT2D eigenvalue weighted by Gasteiger charge is -2.26. The summed E-state index contributed by atoms with van der Waals surface area (Å²) in [6, 6.07) is 69.3. The molecular weight excluding hydrogens is 729 g/mol. The highest BCUT2D eigenvalue weighted by Crippen LogP contribution is 2.43. The Hall–Kier alpha value is -6.85. The second-order valence-electron chi connectivity index (χ2n) is 14.8. The fourth-order valence-electron chi connectivity index (χ4n) is 8.54. The third-order valence-electron chi connectivity index (χ3n) is 11.4. The highest BCUT2D eigenvalue weighted by Gasteiger charge is 2.16. The molecule has 0 N–H and O–H groups in total. The highest BCUT2D eigenvalue weighted by molar-refractivity contribution is 7.26. The summed E-state index contributed by atoms with van der Waals surface area (Å²) in [7, 11) is 0. The van der Waals surface area contributed by atoms with Crippen LogP contribution in [-0.2, 0) is 0 Å². The van der Waals surface area contributed by atoms with Crippen LogP contribution < -0.4 is 4.90 Å². The van der Waals surface area contributed by atoms with Gasteiger partial charge in [-0.2, -0.15) is 0 Å². The molecule has 0 radical (unpaired) electrons. The standard InChI is InChI=1S/C53H32N2S2/c1-3-9-50-45(7-1)47-28-37-19-23-43(26-40(37)31-52(47)56-50)55(44-24-20-38-29-48-46-8-2-4-10-51(46)57-53(48)32-41(38)27-44)42-21-17-34(18-22-42)33-11-13-35(14-12-33)39-16-15-36-6-5-25-54-49(36)30-39/h1-32H. The second-order valence-corrected chi connectivity index (χ2v) is 17.0. The Balaban J connectivity index is 0.956. The molecule has 4 heteroatoms. The zero-order valence-corrected chi connectivity index (χ0v) is 32.3. The topological polar surface area (TPSA) is 16.1 Å². The summed E-state index contributed by atoms with van der Waals surface area (Å²) in [5, 5.41) is 11.4. The van der Waals surface area contributed by atoms with E-state index in [9.17, 15) is 0 Å². The van der Waals surface area contributed by atoms with E-state index in [1.807, 2.05) is 34.9 Å². The fraction of sp³-hybridized carbons (Fsp3) is 0. The molecule has 12 rings (SSSR count). The Labute approximate surface area is 337 Å². The molecule has 0 fully saturated rings. The average Bonchev–Trinajstić information content (AvgIpc) is 3.82. The lowest BCUT2D eigenvalue weighted by Crippen LogP contribution is -2.09. The average molecular weight is 761 g/mol. The fourth-order valence-corrected chi connectivity index (χ4v) is 10.8. The van der Waals surface area contributed by atoms with E-state index in [4.69, 9.17) is 0 Å². The number of hydrogen-bond donors (Lipinski definition) is 0. The minimum atomic E-state index is 1.01. The third-order valence-corrected chi connectivity index (χ3v) is 13.7. The number of pyridine rings is 1. The molecule has 0 bridgehead atoms. The number of aromatic nitrogens is 1. The normalized spacial score (nSPS) is 11.9. The van der Waals surface area contributed by atoms with Crippen LogP contribution >= 0.6 is 22.7 Å². The van der Waals surface area contributed by atoms with Crippen molar-refractivity contribution in [1.29, 1.82) is 0 Å². The van der Waals surface area contributed by atoms with Gasteiger partial charge >= 0.3 is 0 Å². The molecule has 0 aliphatic heterocycles. The lowest BCUT2D eigenvalue weighted by molar-refractivity contribution is 1.29. The maximum absolute atomic E-state index is 4.57. The quantitative estimate of drug-likeness (QED) is 0.174. The van der Waals surface area contributed by atoms with Gasteiger partial charge in [0.15, 0.2) is 0 Å². The molecule has 0 aliphatic carbocycles. The van der Waals surface area contributed by atoms with Crippen LogP contribution in [0.3, 0.4) is 0 Å². The van der Waals surface area contributed by atoms with Crippen molar-refractivity contribution in [3.8, 4) is 22.3 Å². The van der Waals surface area contributed by atoms with Gasteiger partial charge in [-0.05, 0) is 129 Å². The van der Waals surface area contributed by atoms with Gasteiger partial charge in [-0.1, -0.05) is 103 Å². The van der Waals surface area contributed by atoms with Gasteiger partial charge in [0.05, 0.1) is 5.52 Å². The Bertz CT molecular complexity index is 3370. The van der Waals surface area contributed by atoms with Crippen LogP contribution in [0.15, 0.2) is 194 Å². The van der Waals surface area contributed by atoms with E-state index in [1.165, 1.54) is 84.1 Å². The smallest absolute Gasteiger partial charge is 0.0708 e. The van der Waals surface area contributed by atoms with Gasteiger partial charge in [0.2, 0.25) is 0 Å². The molecule has 9 aromatic carbocycles. The number of nitrogens with zero attached hydrogens (tertiary/aromatic N) is 2. The third kappa shape index (κ3) is 5.48. The summed E-state index contributed by atoms with van der Waals surface area (Å²) >= 11 is 3.74. The number of rotatable bonds is 5. The van der Waals surface area contributed by atoms with Crippen molar-refractivity contribution in [3.63, 3.8) is 0 Å². The Morgan fingerprint density at radius 1 is 0.316 bits per heavy atom. The van der Waals surface area contributed by atoms with Crippen molar-refractivity contribution >= 4 is 113 Å². The lowest BCUT2D eigenvalue weighted by atomic mass is 9.99. The van der Waals surface area contributed by atoms with Crippen molar-refractivity contribution in [2.45, 2.75) is 0 Å². The number of anilines is 3. The van der Waals surface area contributed by atoms with Gasteiger partial charge in [-0.15, -0.1) is 22.7 Å². The molecule has 0 spiro atoms. The van der Waals surface area contributed by atoms with Crippen LogP contribution in [-0.4, -0.2) is 4.98 Å². The van der Waals surface area contributed by atoms with Crippen LogP contribution in [0.2, 0.25) is 0 Å². The molecule has 2 nitrogen and oxygen atoms in total. The van der Waals surface area contributed by atoms with E-state index in [0.29, 0.717) is 0 Å². The van der Waals surface area contributed by atoms with Crippen LogP contribution in [0, 0.1) is 0 Å². The van der Waals surface area contributed by atoms with Gasteiger partial charge < -0.3 is 4.90 Å². The van der Waals surface area contributed by atoms with E-state index in [-0.39, 0.29) is 0 Å². The molecule has 3 heterocycles. The molecule has 0 aliphatic rings. The summed E-state index contributed by atoms with van der Waals surface area (Å²) in [5.74, 6) is 0. The van der Waals surface area contributed by atoms with Crippen LogP contribution in [0.5, 0.6) is 0 Å². The number of thiophene rings is 2. The molecule has 12 aromatic rings. The molecule has 0 atom stereocenters. The van der Waals surface area contributed by atoms with Gasteiger partial charge in [-0.3, -0.25) is 4.98 Å². The minimum absolute atomic E-state index is 1.01. The number of fused-ring (bicyclic) bond motifs is 9. The predicted octanol–water partition coefficient (Wildman–Crippen LogP) is 16.1. The number of benzene rings is 9. The first-order valence-corrected chi connectivity index (χ1v) is 20.9. The zero-order valence-electron chi connectivity index (χ0n) is 30.7. The van der Waals surface area contributed by atoms with E-state index in [1.54, 1.807) is 0 Å². The summed E-state index contributed by atoms with van der Waals surface area (Å²) in [6.45, 7) is 0. The van der Waals surface area contributed by atoms with Crippen molar-refractivity contribution in [1.82, 2.24) is 4.98 Å². The van der Waals surface area contributed by atoms with E-state index < -0.39 is 0 Å². The first kappa shape index (κ1) is 32.4. The Morgan fingerprint density at radius 3 is 1.40 bits per heavy atom. The summed E-state index contributed by atoms with van der Waals surface area (Å²) in [6.07, 6.45) is 1.85. The van der Waals surface area contributed by atoms with Crippen molar-refractivity contribution in [2.24, 2.45) is 0 Å². The molecule has 266 valence electrons. The van der Waals surface area contributed by atoms with E-state index >= 15 is 0 Å². The van der Waals surface area contributed by atoms with Crippen LogP contribution in [0.4, 0.5) is 17.1 Å². The summed E-state index contributed by atoms with van der Waals surface area (Å²) < 4.78 is 5.29. The van der Waals surface area contributed by atoms with E-state index in [0.717, 1.165) is 28.0 Å². The van der Waals surface area contributed by atoms with Gasteiger partial charge in [0.1, 0.15) is 0 Å². The molecular formula is C53H32N2S2. The van der Waals surface area contributed by atoms with Crippen molar-refractivity contribution in [2.75, 3.05) is 4.90 Å². The monoisotopic (exact) mass is 760 g/mol. The van der Waals surface area contributed by atoms with Crippen molar-refractivity contribution in [3.05, 3.63) is 194 Å². The molecule has 57 heavy (non-hydrogen) atoms. The molecule has 0 unspecified atom stereocenters. The second kappa shape index (κ2) is 12.9. The zero-order chi connectivity index (χ0) is 37.5. The maximum atomic E-state index is 4.57. The molecule has 0 saturated heterocycles. The van der Waals surface area contributed by atoms with E-state index in [2.05, 4.69) is 192 Å². The van der Waals surface area contributed by atoms with Crippen LogP contribution in [0.1, 0.15) is 0 Å². The van der Waals surface area contributed by atoms with Gasteiger partial charge in [-0.25, -0.2) is 0 Å². The minimum Gasteiger partial charge on any atom is -0.310 e. The highest BCUT2D eigenvalue weighted by atomic mass is 32.1. The molecule has 0 amide bonds. The SMILES string of the molecule is c1cnc2cc(-c3ccc(-c4ccc(N(c5ccc6cc7c(cc6c5)sc5ccccc57)c5ccc6cc7c(cc6c5)sc5ccccc57)cc4)cc3)ccc2c1. The first-order chi connectivity index (χ1) is 28.2. The van der Waals surface area contributed by atoms with Crippen molar-refractivity contribution < 1.29 is 0 Å². The predicted molar refractivity (Wildman–Crippen MR) is 248 cm³/mol. The maximum Gasteiger partial charge on any atom is 0.0708 e. The Morgan fingerprint density at radius 2 is 0.807 bits per heavy atom. The number of hydrogen-bond acceptors (Lipinski definition) is 4.